The first kappa shape index (κ1) is 15.0. The van der Waals surface area contributed by atoms with Crippen LogP contribution in [0.2, 0.25) is 0 Å². The lowest BCUT2D eigenvalue weighted by atomic mass is 9.73. The molecule has 5 nitrogen and oxygen atoms in total. The standard InChI is InChI=1S/C13H24N2O3/c1-2-6-10(11(16)17)15-12(18)13(9-14)7-4-3-5-8-13/h10H,2-9,14H2,1H3,(H,15,18)(H,16,17)/t10-/m0/s1. The van der Waals surface area contributed by atoms with E-state index in [9.17, 15) is 9.59 Å². The van der Waals surface area contributed by atoms with E-state index in [1.807, 2.05) is 6.92 Å². The van der Waals surface area contributed by atoms with Crippen LogP contribution in [0.25, 0.3) is 0 Å². The Balaban J connectivity index is 2.68. The molecule has 1 rings (SSSR count). The van der Waals surface area contributed by atoms with Crippen molar-refractivity contribution >= 4 is 11.9 Å². The van der Waals surface area contributed by atoms with Crippen molar-refractivity contribution in [3.05, 3.63) is 0 Å². The van der Waals surface area contributed by atoms with Gasteiger partial charge in [0.1, 0.15) is 6.04 Å². The molecule has 1 aliphatic carbocycles. The zero-order valence-corrected chi connectivity index (χ0v) is 11.1. The normalized spacial score (nSPS) is 20.1. The number of carboxylic acid groups (broad SMARTS) is 1. The number of carboxylic acids is 1. The van der Waals surface area contributed by atoms with E-state index in [0.717, 1.165) is 38.5 Å². The van der Waals surface area contributed by atoms with E-state index in [-0.39, 0.29) is 5.91 Å². The fraction of sp³-hybridized carbons (Fsp3) is 0.846. The third-order valence-corrected chi connectivity index (χ3v) is 3.86. The minimum Gasteiger partial charge on any atom is -0.480 e. The molecule has 0 heterocycles. The lowest BCUT2D eigenvalue weighted by molar-refractivity contribution is -0.144. The minimum atomic E-state index is -0.965. The van der Waals surface area contributed by atoms with E-state index >= 15 is 0 Å². The molecule has 5 heteroatoms. The highest BCUT2D eigenvalue weighted by Crippen LogP contribution is 2.35. The quantitative estimate of drug-likeness (QED) is 0.667. The molecule has 0 radical (unpaired) electrons. The zero-order chi connectivity index (χ0) is 13.6. The Labute approximate surface area is 108 Å². The molecule has 18 heavy (non-hydrogen) atoms. The van der Waals surface area contributed by atoms with Crippen molar-refractivity contribution in [2.75, 3.05) is 6.54 Å². The fourth-order valence-corrected chi connectivity index (χ4v) is 2.61. The van der Waals surface area contributed by atoms with E-state index in [1.165, 1.54) is 0 Å². The summed E-state index contributed by atoms with van der Waals surface area (Å²) in [5.74, 6) is -1.14. The van der Waals surface area contributed by atoms with Gasteiger partial charge in [0, 0.05) is 6.54 Å². The van der Waals surface area contributed by atoms with Gasteiger partial charge in [-0.1, -0.05) is 32.6 Å². The van der Waals surface area contributed by atoms with Crippen molar-refractivity contribution in [1.82, 2.24) is 5.32 Å². The Morgan fingerprint density at radius 3 is 2.39 bits per heavy atom. The number of carbonyl (C=O) groups is 2. The number of nitrogens with one attached hydrogen (secondary N) is 1. The van der Waals surface area contributed by atoms with Crippen LogP contribution in [0.4, 0.5) is 0 Å². The molecule has 0 aromatic rings. The van der Waals surface area contributed by atoms with Gasteiger partial charge in [-0.25, -0.2) is 4.79 Å². The second-order valence-corrected chi connectivity index (χ2v) is 5.20. The highest BCUT2D eigenvalue weighted by atomic mass is 16.4. The van der Waals surface area contributed by atoms with Gasteiger partial charge < -0.3 is 16.2 Å². The van der Waals surface area contributed by atoms with Crippen LogP contribution in [0.15, 0.2) is 0 Å². The van der Waals surface area contributed by atoms with Gasteiger partial charge in [0.2, 0.25) is 5.91 Å². The second-order valence-electron chi connectivity index (χ2n) is 5.20. The molecule has 1 amide bonds. The van der Waals surface area contributed by atoms with Gasteiger partial charge in [-0.2, -0.15) is 0 Å². The number of aliphatic carboxylic acids is 1. The number of rotatable bonds is 6. The molecule has 1 atom stereocenters. The first-order valence-electron chi connectivity index (χ1n) is 6.79. The Kier molecular flexibility index (Phi) is 5.59. The average molecular weight is 256 g/mol. The van der Waals surface area contributed by atoms with Crippen molar-refractivity contribution in [2.45, 2.75) is 57.9 Å². The van der Waals surface area contributed by atoms with Crippen LogP contribution in [-0.2, 0) is 9.59 Å². The predicted octanol–water partition coefficient (Wildman–Crippen LogP) is 1.27. The number of nitrogens with two attached hydrogens (primary N) is 1. The minimum absolute atomic E-state index is 0.175. The van der Waals surface area contributed by atoms with Crippen LogP contribution in [0, 0.1) is 5.41 Å². The summed E-state index contributed by atoms with van der Waals surface area (Å²) >= 11 is 0. The first-order chi connectivity index (χ1) is 8.55. The van der Waals surface area contributed by atoms with Crippen LogP contribution in [-0.4, -0.2) is 29.6 Å². The zero-order valence-electron chi connectivity index (χ0n) is 11.1. The number of amides is 1. The summed E-state index contributed by atoms with van der Waals surface area (Å²) in [6, 6.07) is -0.784. The Bertz CT molecular complexity index is 299. The molecule has 1 saturated carbocycles. The summed E-state index contributed by atoms with van der Waals surface area (Å²) < 4.78 is 0. The summed E-state index contributed by atoms with van der Waals surface area (Å²) in [6.45, 7) is 2.21. The maximum Gasteiger partial charge on any atom is 0.326 e. The van der Waals surface area contributed by atoms with Gasteiger partial charge in [0.05, 0.1) is 5.41 Å². The molecule has 0 aliphatic heterocycles. The number of carbonyl (C=O) groups excluding carboxylic acids is 1. The molecule has 1 aliphatic rings. The molecule has 1 fully saturated rings. The molecular formula is C13H24N2O3. The van der Waals surface area contributed by atoms with Gasteiger partial charge >= 0.3 is 5.97 Å². The van der Waals surface area contributed by atoms with Crippen molar-refractivity contribution in [2.24, 2.45) is 11.1 Å². The third-order valence-electron chi connectivity index (χ3n) is 3.86. The van der Waals surface area contributed by atoms with Gasteiger partial charge in [0.15, 0.2) is 0 Å². The Morgan fingerprint density at radius 1 is 1.33 bits per heavy atom. The maximum absolute atomic E-state index is 12.3. The molecule has 104 valence electrons. The highest BCUT2D eigenvalue weighted by molar-refractivity contribution is 5.87. The van der Waals surface area contributed by atoms with Gasteiger partial charge in [-0.05, 0) is 19.3 Å². The summed E-state index contributed by atoms with van der Waals surface area (Å²) in [7, 11) is 0. The van der Waals surface area contributed by atoms with Gasteiger partial charge in [0.25, 0.3) is 0 Å². The largest absolute Gasteiger partial charge is 0.480 e. The molecule has 0 saturated heterocycles. The van der Waals surface area contributed by atoms with Crippen molar-refractivity contribution < 1.29 is 14.7 Å². The Morgan fingerprint density at radius 2 is 1.94 bits per heavy atom. The number of hydrogen-bond donors (Lipinski definition) is 3. The van der Waals surface area contributed by atoms with Crippen molar-refractivity contribution in [3.63, 3.8) is 0 Å². The van der Waals surface area contributed by atoms with Crippen molar-refractivity contribution in [3.8, 4) is 0 Å². The topological polar surface area (TPSA) is 92.4 Å². The van der Waals surface area contributed by atoms with Gasteiger partial charge in [-0.15, -0.1) is 0 Å². The average Bonchev–Trinajstić information content (AvgIpc) is 2.38. The summed E-state index contributed by atoms with van der Waals surface area (Å²) in [5, 5.41) is 11.7. The highest BCUT2D eigenvalue weighted by Gasteiger charge is 2.39. The van der Waals surface area contributed by atoms with Crippen LogP contribution in [0.1, 0.15) is 51.9 Å². The number of hydrogen-bond acceptors (Lipinski definition) is 3. The maximum atomic E-state index is 12.3. The first-order valence-corrected chi connectivity index (χ1v) is 6.79. The lowest BCUT2D eigenvalue weighted by Gasteiger charge is -2.35. The molecule has 0 spiro atoms. The second kappa shape index (κ2) is 6.73. The fourth-order valence-electron chi connectivity index (χ4n) is 2.61. The molecule has 0 bridgehead atoms. The van der Waals surface area contributed by atoms with Crippen molar-refractivity contribution in [1.29, 1.82) is 0 Å². The van der Waals surface area contributed by atoms with Crippen LogP contribution in [0.5, 0.6) is 0 Å². The van der Waals surface area contributed by atoms with E-state index in [2.05, 4.69) is 5.32 Å². The molecule has 0 aromatic carbocycles. The van der Waals surface area contributed by atoms with E-state index in [1.54, 1.807) is 0 Å². The third kappa shape index (κ3) is 3.45. The van der Waals surface area contributed by atoms with E-state index in [0.29, 0.717) is 13.0 Å². The monoisotopic (exact) mass is 256 g/mol. The molecule has 0 unspecified atom stereocenters. The summed E-state index contributed by atoms with van der Waals surface area (Å²) in [4.78, 5) is 23.3. The SMILES string of the molecule is CCC[C@H](NC(=O)C1(CN)CCCCC1)C(=O)O. The van der Waals surface area contributed by atoms with Crippen LogP contribution in [0.3, 0.4) is 0 Å². The smallest absolute Gasteiger partial charge is 0.326 e. The summed E-state index contributed by atoms with van der Waals surface area (Å²) in [5.41, 5.74) is 5.21. The lowest BCUT2D eigenvalue weighted by Crippen LogP contribution is -2.52. The summed E-state index contributed by atoms with van der Waals surface area (Å²) in [6.07, 6.45) is 5.86. The molecular weight excluding hydrogens is 232 g/mol. The predicted molar refractivity (Wildman–Crippen MR) is 69.0 cm³/mol. The van der Waals surface area contributed by atoms with E-state index in [4.69, 9.17) is 10.8 Å². The molecule has 4 N–H and O–H groups in total. The Hall–Kier alpha value is -1.10. The van der Waals surface area contributed by atoms with Gasteiger partial charge in [-0.3, -0.25) is 4.79 Å². The van der Waals surface area contributed by atoms with Crippen LogP contribution >= 0.6 is 0 Å². The van der Waals surface area contributed by atoms with E-state index < -0.39 is 17.4 Å². The molecule has 0 aromatic heterocycles. The van der Waals surface area contributed by atoms with Crippen LogP contribution < -0.4 is 11.1 Å².